The Hall–Kier alpha value is -1.16. The maximum absolute atomic E-state index is 13.2. The Morgan fingerprint density at radius 1 is 1.40 bits per heavy atom. The van der Waals surface area contributed by atoms with Crippen molar-refractivity contribution >= 4 is 5.69 Å². The summed E-state index contributed by atoms with van der Waals surface area (Å²) >= 11 is 0. The molecule has 4 heteroatoms. The normalized spacial score (nSPS) is 12.5. The van der Waals surface area contributed by atoms with Gasteiger partial charge in [-0.2, -0.15) is 0 Å². The maximum atomic E-state index is 13.2. The molecule has 1 atom stereocenters. The molecule has 0 aliphatic rings. The molecule has 0 aliphatic carbocycles. The van der Waals surface area contributed by atoms with Crippen LogP contribution < -0.4 is 11.1 Å². The lowest BCUT2D eigenvalue weighted by atomic mass is 10.1. The molecular weight excluding hydrogens is 198 g/mol. The van der Waals surface area contributed by atoms with E-state index >= 15 is 0 Å². The summed E-state index contributed by atoms with van der Waals surface area (Å²) < 4.78 is 25.8. The predicted molar refractivity (Wildman–Crippen MR) is 57.7 cm³/mol. The summed E-state index contributed by atoms with van der Waals surface area (Å²) in [4.78, 5) is 0. The van der Waals surface area contributed by atoms with Gasteiger partial charge in [0.05, 0.1) is 5.69 Å². The van der Waals surface area contributed by atoms with Gasteiger partial charge in [-0.25, -0.2) is 8.78 Å². The van der Waals surface area contributed by atoms with Crippen molar-refractivity contribution in [2.24, 2.45) is 11.7 Å². The van der Waals surface area contributed by atoms with Gasteiger partial charge in [0.1, 0.15) is 11.6 Å². The summed E-state index contributed by atoms with van der Waals surface area (Å²) in [6.45, 7) is 3.20. The van der Waals surface area contributed by atoms with Gasteiger partial charge < -0.3 is 11.1 Å². The van der Waals surface area contributed by atoms with Crippen LogP contribution in [0.4, 0.5) is 14.5 Å². The molecule has 0 spiro atoms. The highest BCUT2D eigenvalue weighted by molar-refractivity contribution is 5.44. The highest BCUT2D eigenvalue weighted by Gasteiger charge is 2.06. The third-order valence-electron chi connectivity index (χ3n) is 2.42. The van der Waals surface area contributed by atoms with Crippen LogP contribution in [0.2, 0.25) is 0 Å². The minimum absolute atomic E-state index is 0.314. The largest absolute Gasteiger partial charge is 0.382 e. The first-order valence-corrected chi connectivity index (χ1v) is 5.06. The van der Waals surface area contributed by atoms with Crippen LogP contribution in [0.3, 0.4) is 0 Å². The zero-order valence-electron chi connectivity index (χ0n) is 8.76. The molecule has 84 valence electrons. The van der Waals surface area contributed by atoms with Crippen LogP contribution >= 0.6 is 0 Å². The summed E-state index contributed by atoms with van der Waals surface area (Å²) in [5, 5.41) is 2.92. The quantitative estimate of drug-likeness (QED) is 0.789. The number of rotatable bonds is 5. The molecule has 0 saturated heterocycles. The first-order valence-electron chi connectivity index (χ1n) is 5.06. The van der Waals surface area contributed by atoms with Gasteiger partial charge in [0.25, 0.3) is 0 Å². The maximum Gasteiger partial charge on any atom is 0.149 e. The van der Waals surface area contributed by atoms with Crippen molar-refractivity contribution in [3.05, 3.63) is 29.8 Å². The van der Waals surface area contributed by atoms with Crippen LogP contribution in [0, 0.1) is 17.6 Å². The highest BCUT2D eigenvalue weighted by Crippen LogP contribution is 2.15. The molecule has 1 aromatic rings. The molecule has 1 rings (SSSR count). The molecule has 3 N–H and O–H groups in total. The number of hydrogen-bond acceptors (Lipinski definition) is 2. The lowest BCUT2D eigenvalue weighted by Gasteiger charge is -2.14. The fraction of sp³-hybridized carbons (Fsp3) is 0.455. The van der Waals surface area contributed by atoms with Crippen LogP contribution in [-0.2, 0) is 0 Å². The standard InChI is InChI=1S/C11H16F2N2/c1-2-8(6-14)7-15-11-4-3-9(12)5-10(11)13/h3-5,8,15H,2,6-7,14H2,1H3. The van der Waals surface area contributed by atoms with Crippen molar-refractivity contribution in [2.45, 2.75) is 13.3 Å². The molecule has 2 nitrogen and oxygen atoms in total. The minimum atomic E-state index is -0.568. The van der Waals surface area contributed by atoms with Crippen LogP contribution in [0.5, 0.6) is 0 Å². The van der Waals surface area contributed by atoms with E-state index in [4.69, 9.17) is 5.73 Å². The van der Waals surface area contributed by atoms with Crippen LogP contribution in [0.15, 0.2) is 18.2 Å². The van der Waals surface area contributed by atoms with E-state index in [1.807, 2.05) is 6.92 Å². The number of halogens is 2. The second-order valence-electron chi connectivity index (χ2n) is 3.52. The predicted octanol–water partition coefficient (Wildman–Crippen LogP) is 2.36. The van der Waals surface area contributed by atoms with Gasteiger partial charge >= 0.3 is 0 Å². The van der Waals surface area contributed by atoms with Crippen LogP contribution in [0.1, 0.15) is 13.3 Å². The molecule has 15 heavy (non-hydrogen) atoms. The summed E-state index contributed by atoms with van der Waals surface area (Å²) in [7, 11) is 0. The Labute approximate surface area is 88.5 Å². The molecule has 0 radical (unpaired) electrons. The molecule has 0 fully saturated rings. The Morgan fingerprint density at radius 2 is 2.13 bits per heavy atom. The van der Waals surface area contributed by atoms with E-state index < -0.39 is 11.6 Å². The van der Waals surface area contributed by atoms with E-state index in [2.05, 4.69) is 5.32 Å². The van der Waals surface area contributed by atoms with Crippen molar-refractivity contribution in [3.63, 3.8) is 0 Å². The average molecular weight is 214 g/mol. The van der Waals surface area contributed by atoms with E-state index in [0.29, 0.717) is 24.7 Å². The second kappa shape index (κ2) is 5.66. The van der Waals surface area contributed by atoms with E-state index in [1.165, 1.54) is 12.1 Å². The van der Waals surface area contributed by atoms with E-state index in [-0.39, 0.29) is 0 Å². The monoisotopic (exact) mass is 214 g/mol. The Kier molecular flexibility index (Phi) is 4.49. The lowest BCUT2D eigenvalue weighted by Crippen LogP contribution is -2.22. The van der Waals surface area contributed by atoms with Gasteiger partial charge in [0, 0.05) is 12.6 Å². The summed E-state index contributed by atoms with van der Waals surface area (Å²) in [5.74, 6) is -0.819. The molecule has 0 saturated carbocycles. The Balaban J connectivity index is 2.57. The molecule has 0 aliphatic heterocycles. The topological polar surface area (TPSA) is 38.0 Å². The second-order valence-corrected chi connectivity index (χ2v) is 3.52. The number of nitrogens with two attached hydrogens (primary N) is 1. The van der Waals surface area contributed by atoms with Crippen molar-refractivity contribution in [1.29, 1.82) is 0 Å². The van der Waals surface area contributed by atoms with Gasteiger partial charge in [0.2, 0.25) is 0 Å². The minimum Gasteiger partial charge on any atom is -0.382 e. The number of nitrogens with one attached hydrogen (secondary N) is 1. The van der Waals surface area contributed by atoms with Gasteiger partial charge in [-0.15, -0.1) is 0 Å². The summed E-state index contributed by atoms with van der Waals surface area (Å²) in [5.41, 5.74) is 5.84. The fourth-order valence-corrected chi connectivity index (χ4v) is 1.28. The molecule has 0 amide bonds. The average Bonchev–Trinajstić information content (AvgIpc) is 2.22. The van der Waals surface area contributed by atoms with Crippen molar-refractivity contribution in [3.8, 4) is 0 Å². The summed E-state index contributed by atoms with van der Waals surface area (Å²) in [6.07, 6.45) is 0.937. The third kappa shape index (κ3) is 3.47. The van der Waals surface area contributed by atoms with E-state index in [1.54, 1.807) is 0 Å². The van der Waals surface area contributed by atoms with Crippen LogP contribution in [0.25, 0.3) is 0 Å². The third-order valence-corrected chi connectivity index (χ3v) is 2.42. The smallest absolute Gasteiger partial charge is 0.149 e. The molecule has 0 aromatic heterocycles. The number of hydrogen-bond donors (Lipinski definition) is 2. The highest BCUT2D eigenvalue weighted by atomic mass is 19.1. The van der Waals surface area contributed by atoms with Crippen molar-refractivity contribution < 1.29 is 8.78 Å². The first kappa shape index (κ1) is 11.9. The van der Waals surface area contributed by atoms with E-state index in [0.717, 1.165) is 12.5 Å². The SMILES string of the molecule is CCC(CN)CNc1ccc(F)cc1F. The van der Waals surface area contributed by atoms with Crippen molar-refractivity contribution in [1.82, 2.24) is 0 Å². The van der Waals surface area contributed by atoms with Gasteiger partial charge in [-0.3, -0.25) is 0 Å². The molecule has 0 bridgehead atoms. The number of anilines is 1. The lowest BCUT2D eigenvalue weighted by molar-refractivity contribution is 0.543. The number of benzene rings is 1. The van der Waals surface area contributed by atoms with Crippen molar-refractivity contribution in [2.75, 3.05) is 18.4 Å². The fourth-order valence-electron chi connectivity index (χ4n) is 1.28. The molecule has 1 aromatic carbocycles. The zero-order chi connectivity index (χ0) is 11.3. The Morgan fingerprint density at radius 3 is 2.67 bits per heavy atom. The Bertz CT molecular complexity index is 311. The molecular formula is C11H16F2N2. The van der Waals surface area contributed by atoms with Gasteiger partial charge in [-0.1, -0.05) is 13.3 Å². The van der Waals surface area contributed by atoms with Crippen LogP contribution in [-0.4, -0.2) is 13.1 Å². The van der Waals surface area contributed by atoms with Gasteiger partial charge in [0.15, 0.2) is 0 Å². The van der Waals surface area contributed by atoms with E-state index in [9.17, 15) is 8.78 Å². The molecule has 0 heterocycles. The zero-order valence-corrected chi connectivity index (χ0v) is 8.76. The first-order chi connectivity index (χ1) is 7.17. The summed E-state index contributed by atoms with van der Waals surface area (Å²) in [6, 6.07) is 3.49. The molecule has 1 unspecified atom stereocenters. The van der Waals surface area contributed by atoms with Gasteiger partial charge in [-0.05, 0) is 24.6 Å².